The zero-order valence-electron chi connectivity index (χ0n) is 24.0. The van der Waals surface area contributed by atoms with Gasteiger partial charge in [-0.3, -0.25) is 19.2 Å². The number of hydrogen-bond donors (Lipinski definition) is 2. The summed E-state index contributed by atoms with van der Waals surface area (Å²) in [5.41, 5.74) is 2.67. The zero-order chi connectivity index (χ0) is 31.8. The molecule has 10 nitrogen and oxygen atoms in total. The molecule has 1 aromatic heterocycles. The summed E-state index contributed by atoms with van der Waals surface area (Å²) in [5, 5.41) is 2.78. The Bertz CT molecular complexity index is 1890. The molecule has 0 radical (unpaired) electrons. The summed E-state index contributed by atoms with van der Waals surface area (Å²) >= 11 is 8.53. The van der Waals surface area contributed by atoms with Crippen LogP contribution in [0.5, 0.6) is 5.75 Å². The highest BCUT2D eigenvalue weighted by atomic mass is 35.5. The molecule has 2 unspecified atom stereocenters. The Hall–Kier alpha value is -4.39. The number of thiazole rings is 1. The quantitative estimate of drug-likeness (QED) is 0.189. The van der Waals surface area contributed by atoms with Crippen molar-refractivity contribution in [3.05, 3.63) is 103 Å². The maximum absolute atomic E-state index is 14.1. The van der Waals surface area contributed by atoms with E-state index in [2.05, 4.69) is 10.3 Å². The summed E-state index contributed by atoms with van der Waals surface area (Å²) in [5.74, 6) is -3.22. The molecular formula is C32H26ClN3O7S2. The molecule has 2 aliphatic rings. The van der Waals surface area contributed by atoms with E-state index >= 15 is 0 Å². The lowest BCUT2D eigenvalue weighted by Gasteiger charge is -2.31. The average Bonchev–Trinajstić information content (AvgIpc) is 3.50. The fourth-order valence-corrected chi connectivity index (χ4v) is 8.21. The first-order valence-corrected chi connectivity index (χ1v) is 16.1. The van der Waals surface area contributed by atoms with Gasteiger partial charge in [-0.2, -0.15) is 0 Å². The van der Waals surface area contributed by atoms with Crippen LogP contribution in [0.2, 0.25) is 5.02 Å². The predicted molar refractivity (Wildman–Crippen MR) is 172 cm³/mol. The monoisotopic (exact) mass is 663 g/mol. The van der Waals surface area contributed by atoms with Gasteiger partial charge in [-0.05, 0) is 74.0 Å². The van der Waals surface area contributed by atoms with Crippen LogP contribution in [-0.4, -0.2) is 47.1 Å². The molecule has 3 heterocycles. The highest BCUT2D eigenvalue weighted by Gasteiger charge is 2.57. The minimum Gasteiger partial charge on any atom is -0.483 e. The second-order valence-electron chi connectivity index (χ2n) is 10.4. The van der Waals surface area contributed by atoms with Gasteiger partial charge in [-0.25, -0.2) is 9.69 Å². The molecule has 45 heavy (non-hydrogen) atoms. The van der Waals surface area contributed by atoms with Gasteiger partial charge in [0.2, 0.25) is 11.8 Å². The van der Waals surface area contributed by atoms with Gasteiger partial charge in [0.1, 0.15) is 11.0 Å². The molecule has 4 aromatic rings. The topological polar surface area (TPSA) is 135 Å². The van der Waals surface area contributed by atoms with Crippen LogP contribution in [0.15, 0.2) is 76.6 Å². The summed E-state index contributed by atoms with van der Waals surface area (Å²) in [6.45, 7) is 3.50. The first kappa shape index (κ1) is 30.6. The van der Waals surface area contributed by atoms with Crippen molar-refractivity contribution in [1.29, 1.82) is 0 Å². The number of hydrogen-bond acceptors (Lipinski definition) is 9. The Morgan fingerprint density at radius 3 is 2.53 bits per heavy atom. The van der Waals surface area contributed by atoms with Crippen molar-refractivity contribution in [2.24, 2.45) is 5.92 Å². The van der Waals surface area contributed by atoms with E-state index in [1.807, 2.05) is 25.1 Å². The third kappa shape index (κ3) is 6.00. The van der Waals surface area contributed by atoms with Crippen LogP contribution < -0.4 is 19.8 Å². The van der Waals surface area contributed by atoms with Crippen LogP contribution in [0.3, 0.4) is 0 Å². The maximum atomic E-state index is 14.1. The number of ether oxygens (including phenoxy) is 2. The Labute approximate surface area is 270 Å². The number of imide groups is 1. The molecule has 3 amide bonds. The van der Waals surface area contributed by atoms with Gasteiger partial charge in [0, 0.05) is 27.1 Å². The van der Waals surface area contributed by atoms with Gasteiger partial charge in [-0.15, -0.1) is 0 Å². The van der Waals surface area contributed by atoms with Gasteiger partial charge in [0.05, 0.1) is 28.8 Å². The molecule has 0 aliphatic carbocycles. The lowest BCUT2D eigenvalue weighted by atomic mass is 9.82. The maximum Gasteiger partial charge on any atom is 0.338 e. The van der Waals surface area contributed by atoms with Gasteiger partial charge < -0.3 is 19.8 Å². The van der Waals surface area contributed by atoms with Gasteiger partial charge >= 0.3 is 10.8 Å². The van der Waals surface area contributed by atoms with E-state index < -0.39 is 40.8 Å². The number of halogens is 1. The molecular weight excluding hydrogens is 638 g/mol. The van der Waals surface area contributed by atoms with Gasteiger partial charge in [0.25, 0.3) is 5.91 Å². The number of nitrogens with zero attached hydrogens (tertiary/aromatic N) is 1. The van der Waals surface area contributed by atoms with Crippen LogP contribution in [0.25, 0.3) is 0 Å². The number of carbonyl (C=O) groups is 4. The van der Waals surface area contributed by atoms with E-state index in [0.29, 0.717) is 37.6 Å². The van der Waals surface area contributed by atoms with Crippen molar-refractivity contribution < 1.29 is 28.7 Å². The number of nitrogens with one attached hydrogen (secondary N) is 2. The number of H-pyrrole nitrogens is 1. The van der Waals surface area contributed by atoms with Crippen LogP contribution in [0.1, 0.15) is 39.2 Å². The van der Waals surface area contributed by atoms with Crippen LogP contribution in [-0.2, 0) is 19.1 Å². The minimum absolute atomic E-state index is 0.213. The SMILES string of the molecule is CCOC(=O)c1ccc(N2C(=O)C3Sc4[nH]c(=O)sc4[C@H](c4cc(Cl)ccc4OCC(=O)Nc4cccc(C)c4)C3C2=O)cc1. The second kappa shape index (κ2) is 12.5. The van der Waals surface area contributed by atoms with Crippen molar-refractivity contribution in [3.8, 4) is 5.75 Å². The van der Waals surface area contributed by atoms with E-state index in [0.717, 1.165) is 33.6 Å². The lowest BCUT2D eigenvalue weighted by molar-refractivity contribution is -0.122. The van der Waals surface area contributed by atoms with Crippen LogP contribution >= 0.6 is 34.7 Å². The molecule has 230 valence electrons. The number of amides is 3. The Morgan fingerprint density at radius 1 is 1.02 bits per heavy atom. The van der Waals surface area contributed by atoms with E-state index in [1.54, 1.807) is 31.2 Å². The van der Waals surface area contributed by atoms with Gasteiger partial charge in [0.15, 0.2) is 6.61 Å². The smallest absolute Gasteiger partial charge is 0.338 e. The molecule has 6 rings (SSSR count). The average molecular weight is 664 g/mol. The lowest BCUT2D eigenvalue weighted by Crippen LogP contribution is -2.32. The number of fused-ring (bicyclic) bond motifs is 2. The number of aryl methyl sites for hydroxylation is 1. The molecule has 13 heteroatoms. The van der Waals surface area contributed by atoms with Crippen LogP contribution in [0.4, 0.5) is 11.4 Å². The number of thioether (sulfide) groups is 1. The van der Waals surface area contributed by atoms with Crippen molar-refractivity contribution in [2.75, 3.05) is 23.4 Å². The first-order chi connectivity index (χ1) is 21.6. The predicted octanol–water partition coefficient (Wildman–Crippen LogP) is 5.39. The molecule has 0 spiro atoms. The summed E-state index contributed by atoms with van der Waals surface area (Å²) in [6.07, 6.45) is 0. The fourth-order valence-electron chi connectivity index (χ4n) is 5.52. The number of benzene rings is 3. The van der Waals surface area contributed by atoms with Crippen molar-refractivity contribution in [3.63, 3.8) is 0 Å². The number of rotatable bonds is 8. The normalized spacial score (nSPS) is 18.7. The zero-order valence-corrected chi connectivity index (χ0v) is 26.4. The van der Waals surface area contributed by atoms with E-state index in [9.17, 15) is 24.0 Å². The third-order valence-electron chi connectivity index (χ3n) is 7.43. The number of anilines is 2. The molecule has 2 N–H and O–H groups in total. The number of aromatic nitrogens is 1. The molecule has 2 aliphatic heterocycles. The Kier molecular flexibility index (Phi) is 8.54. The molecule has 3 atom stereocenters. The minimum atomic E-state index is -0.909. The molecule has 0 saturated carbocycles. The molecule has 0 bridgehead atoms. The number of aromatic amines is 1. The molecule has 3 aromatic carbocycles. The van der Waals surface area contributed by atoms with Gasteiger partial charge in [-0.1, -0.05) is 46.8 Å². The standard InChI is InChI=1S/C32H26ClN3O7S2/c1-3-42-31(40)17-7-10-20(11-8-17)36-29(38)25-24(26-28(35-32(41)45-26)44-27(25)30(36)39)21-14-18(33)9-12-22(21)43-15-23(37)34-19-6-4-5-16(2)13-19/h4-14,24-25,27H,3,15H2,1-2H3,(H,34,37)(H,35,41)/t24-,25?,27?/m1/s1. The Morgan fingerprint density at radius 2 is 1.80 bits per heavy atom. The molecule has 1 fully saturated rings. The Balaban J connectivity index is 1.33. The number of esters is 1. The molecule has 1 saturated heterocycles. The number of carbonyl (C=O) groups excluding carboxylic acids is 4. The highest BCUT2D eigenvalue weighted by Crippen LogP contribution is 2.54. The first-order valence-electron chi connectivity index (χ1n) is 14.0. The van der Waals surface area contributed by atoms with E-state index in [4.69, 9.17) is 21.1 Å². The van der Waals surface area contributed by atoms with Crippen molar-refractivity contribution >= 4 is 69.8 Å². The van der Waals surface area contributed by atoms with Crippen molar-refractivity contribution in [1.82, 2.24) is 4.98 Å². The fraction of sp³-hybridized carbons (Fsp3) is 0.219. The summed E-state index contributed by atoms with van der Waals surface area (Å²) in [4.78, 5) is 69.6. The third-order valence-corrected chi connectivity index (χ3v) is 10.1. The summed E-state index contributed by atoms with van der Waals surface area (Å²) < 4.78 is 11.0. The van der Waals surface area contributed by atoms with E-state index in [1.165, 1.54) is 24.3 Å². The van der Waals surface area contributed by atoms with Crippen molar-refractivity contribution in [2.45, 2.75) is 30.0 Å². The highest BCUT2D eigenvalue weighted by molar-refractivity contribution is 8.00. The summed E-state index contributed by atoms with van der Waals surface area (Å²) in [7, 11) is 0. The largest absolute Gasteiger partial charge is 0.483 e. The second-order valence-corrected chi connectivity index (χ2v) is 13.0. The van der Waals surface area contributed by atoms with Crippen LogP contribution in [0, 0.1) is 12.8 Å². The van der Waals surface area contributed by atoms with E-state index in [-0.39, 0.29) is 23.7 Å². The summed E-state index contributed by atoms with van der Waals surface area (Å²) in [6, 6.07) is 18.2.